The lowest BCUT2D eigenvalue weighted by Crippen LogP contribution is -3.14. The van der Waals surface area contributed by atoms with Gasteiger partial charge in [0.25, 0.3) is 0 Å². The summed E-state index contributed by atoms with van der Waals surface area (Å²) in [5, 5.41) is 12.8. The van der Waals surface area contributed by atoms with Crippen LogP contribution >= 0.6 is 0 Å². The van der Waals surface area contributed by atoms with Gasteiger partial charge in [-0.05, 0) is 41.3 Å². The SMILES string of the molecule is Cc1cccc(C)c1-n1nnnc1[C@H](CC(C)C)[NH+]1CCOCC1. The molecular weight excluding hydrogens is 302 g/mol. The Morgan fingerprint density at radius 3 is 2.46 bits per heavy atom. The third-order valence-electron chi connectivity index (χ3n) is 4.79. The standard InChI is InChI=1S/C18H27N5O/c1-13(2)12-16(22-8-10-24-11-9-22)18-19-20-21-23(18)17-14(3)6-5-7-15(17)4/h5-7,13,16H,8-12H2,1-4H3/p+1/t16-/m0/s1. The van der Waals surface area contributed by atoms with E-state index in [0.717, 1.165) is 44.2 Å². The van der Waals surface area contributed by atoms with Gasteiger partial charge in [-0.1, -0.05) is 32.0 Å². The van der Waals surface area contributed by atoms with Gasteiger partial charge in [0.15, 0.2) is 6.04 Å². The summed E-state index contributed by atoms with van der Waals surface area (Å²) < 4.78 is 7.50. The number of ether oxygens (including phenoxy) is 1. The van der Waals surface area contributed by atoms with E-state index in [0.29, 0.717) is 12.0 Å². The maximum atomic E-state index is 5.55. The normalized spacial score (nSPS) is 17.4. The first-order valence-electron chi connectivity index (χ1n) is 8.85. The van der Waals surface area contributed by atoms with Crippen LogP contribution in [-0.2, 0) is 4.74 Å². The van der Waals surface area contributed by atoms with Crippen molar-refractivity contribution >= 4 is 0 Å². The summed E-state index contributed by atoms with van der Waals surface area (Å²) in [7, 11) is 0. The van der Waals surface area contributed by atoms with E-state index in [1.54, 1.807) is 0 Å². The van der Waals surface area contributed by atoms with Gasteiger partial charge < -0.3 is 9.64 Å². The zero-order valence-electron chi connectivity index (χ0n) is 15.1. The maximum Gasteiger partial charge on any atom is 0.214 e. The number of hydrogen-bond acceptors (Lipinski definition) is 4. The molecule has 2 heterocycles. The second-order valence-electron chi connectivity index (χ2n) is 7.14. The molecule has 6 heteroatoms. The largest absolute Gasteiger partial charge is 0.370 e. The highest BCUT2D eigenvalue weighted by molar-refractivity contribution is 5.46. The average molecular weight is 330 g/mol. The second-order valence-corrected chi connectivity index (χ2v) is 7.14. The first-order chi connectivity index (χ1) is 11.6. The molecule has 0 saturated carbocycles. The molecule has 0 amide bonds. The lowest BCUT2D eigenvalue weighted by molar-refractivity contribution is -0.940. The van der Waals surface area contributed by atoms with Crippen LogP contribution in [0.5, 0.6) is 0 Å². The number of aryl methyl sites for hydroxylation is 2. The van der Waals surface area contributed by atoms with Crippen molar-refractivity contribution in [2.45, 2.75) is 40.2 Å². The minimum absolute atomic E-state index is 0.294. The summed E-state index contributed by atoms with van der Waals surface area (Å²) in [6.07, 6.45) is 1.07. The van der Waals surface area contributed by atoms with Crippen molar-refractivity contribution in [3.63, 3.8) is 0 Å². The fourth-order valence-corrected chi connectivity index (χ4v) is 3.62. The summed E-state index contributed by atoms with van der Waals surface area (Å²) >= 11 is 0. The number of benzene rings is 1. The number of para-hydroxylation sites is 1. The molecule has 24 heavy (non-hydrogen) atoms. The van der Waals surface area contributed by atoms with E-state index in [1.165, 1.54) is 16.0 Å². The minimum atomic E-state index is 0.294. The first kappa shape index (κ1) is 17.0. The summed E-state index contributed by atoms with van der Waals surface area (Å²) in [5.74, 6) is 1.56. The van der Waals surface area contributed by atoms with Crippen LogP contribution in [0.1, 0.15) is 43.3 Å². The maximum absolute atomic E-state index is 5.55. The molecule has 0 spiro atoms. The molecule has 0 unspecified atom stereocenters. The third kappa shape index (κ3) is 3.49. The molecule has 130 valence electrons. The van der Waals surface area contributed by atoms with Gasteiger partial charge in [0, 0.05) is 6.42 Å². The third-order valence-corrected chi connectivity index (χ3v) is 4.79. The number of hydrogen-bond donors (Lipinski definition) is 1. The Kier molecular flexibility index (Phi) is 5.26. The van der Waals surface area contributed by atoms with Crippen molar-refractivity contribution in [1.29, 1.82) is 0 Å². The highest BCUT2D eigenvalue weighted by atomic mass is 16.5. The Morgan fingerprint density at radius 2 is 1.83 bits per heavy atom. The van der Waals surface area contributed by atoms with Crippen LogP contribution in [0.3, 0.4) is 0 Å². The lowest BCUT2D eigenvalue weighted by atomic mass is 10.0. The fraction of sp³-hybridized carbons (Fsp3) is 0.611. The van der Waals surface area contributed by atoms with Gasteiger partial charge in [-0.15, -0.1) is 5.10 Å². The molecule has 0 radical (unpaired) electrons. The van der Waals surface area contributed by atoms with E-state index >= 15 is 0 Å². The van der Waals surface area contributed by atoms with Crippen LogP contribution in [-0.4, -0.2) is 46.5 Å². The van der Waals surface area contributed by atoms with E-state index in [-0.39, 0.29) is 0 Å². The monoisotopic (exact) mass is 330 g/mol. The van der Waals surface area contributed by atoms with Gasteiger partial charge in [-0.3, -0.25) is 0 Å². The molecule has 1 fully saturated rings. The lowest BCUT2D eigenvalue weighted by Gasteiger charge is -2.31. The van der Waals surface area contributed by atoms with Crippen LogP contribution in [0.4, 0.5) is 0 Å². The number of aromatic nitrogens is 4. The van der Waals surface area contributed by atoms with Gasteiger partial charge in [-0.2, -0.15) is 4.68 Å². The molecule has 1 saturated heterocycles. The molecule has 2 aromatic rings. The van der Waals surface area contributed by atoms with Crippen molar-refractivity contribution in [3.8, 4) is 5.69 Å². The van der Waals surface area contributed by atoms with Gasteiger partial charge in [0.1, 0.15) is 13.1 Å². The quantitative estimate of drug-likeness (QED) is 0.897. The van der Waals surface area contributed by atoms with Crippen molar-refractivity contribution in [2.24, 2.45) is 5.92 Å². The molecule has 1 aliphatic rings. The Hall–Kier alpha value is -1.79. The fourth-order valence-electron chi connectivity index (χ4n) is 3.62. The molecule has 1 aromatic heterocycles. The van der Waals surface area contributed by atoms with Crippen molar-refractivity contribution < 1.29 is 9.64 Å². The van der Waals surface area contributed by atoms with Crippen LogP contribution in [0.25, 0.3) is 5.69 Å². The molecule has 1 atom stereocenters. The van der Waals surface area contributed by atoms with E-state index in [1.807, 2.05) is 4.68 Å². The van der Waals surface area contributed by atoms with Crippen LogP contribution in [0.15, 0.2) is 18.2 Å². The number of rotatable bonds is 5. The van der Waals surface area contributed by atoms with Crippen LogP contribution < -0.4 is 4.90 Å². The highest BCUT2D eigenvalue weighted by Gasteiger charge is 2.32. The second kappa shape index (κ2) is 7.40. The highest BCUT2D eigenvalue weighted by Crippen LogP contribution is 2.23. The predicted octanol–water partition coefficient (Wildman–Crippen LogP) is 1.28. The topological polar surface area (TPSA) is 57.3 Å². The summed E-state index contributed by atoms with van der Waals surface area (Å²) in [6, 6.07) is 6.61. The molecule has 1 aliphatic heterocycles. The Labute approximate surface area is 143 Å². The zero-order chi connectivity index (χ0) is 17.1. The first-order valence-corrected chi connectivity index (χ1v) is 8.85. The van der Waals surface area contributed by atoms with Gasteiger partial charge in [0.05, 0.1) is 18.9 Å². The molecule has 0 aliphatic carbocycles. The van der Waals surface area contributed by atoms with Crippen LogP contribution in [0.2, 0.25) is 0 Å². The summed E-state index contributed by atoms with van der Waals surface area (Å²) in [4.78, 5) is 1.53. The van der Waals surface area contributed by atoms with Gasteiger partial charge in [0.2, 0.25) is 5.82 Å². The summed E-state index contributed by atoms with van der Waals surface area (Å²) in [6.45, 7) is 12.4. The molecule has 6 nitrogen and oxygen atoms in total. The van der Waals surface area contributed by atoms with E-state index < -0.39 is 0 Å². The minimum Gasteiger partial charge on any atom is -0.370 e. The predicted molar refractivity (Wildman–Crippen MR) is 92.3 cm³/mol. The van der Waals surface area contributed by atoms with Gasteiger partial charge >= 0.3 is 0 Å². The molecule has 1 N–H and O–H groups in total. The van der Waals surface area contributed by atoms with Gasteiger partial charge in [-0.25, -0.2) is 0 Å². The van der Waals surface area contributed by atoms with E-state index in [9.17, 15) is 0 Å². The number of quaternary nitrogens is 1. The zero-order valence-corrected chi connectivity index (χ0v) is 15.1. The van der Waals surface area contributed by atoms with Crippen molar-refractivity contribution in [3.05, 3.63) is 35.2 Å². The Balaban J connectivity index is 2.01. The number of nitrogens with zero attached hydrogens (tertiary/aromatic N) is 4. The van der Waals surface area contributed by atoms with E-state index in [2.05, 4.69) is 61.4 Å². The smallest absolute Gasteiger partial charge is 0.214 e. The molecule has 1 aromatic carbocycles. The Bertz CT molecular complexity index is 656. The number of nitrogens with one attached hydrogen (secondary N) is 1. The Morgan fingerprint density at radius 1 is 1.17 bits per heavy atom. The molecule has 3 rings (SSSR count). The number of morpholine rings is 1. The van der Waals surface area contributed by atoms with E-state index in [4.69, 9.17) is 4.74 Å². The molecular formula is C18H28N5O+. The van der Waals surface area contributed by atoms with Crippen LogP contribution in [0, 0.1) is 19.8 Å². The van der Waals surface area contributed by atoms with Crippen molar-refractivity contribution in [2.75, 3.05) is 26.3 Å². The average Bonchev–Trinajstić information content (AvgIpc) is 3.02. The molecule has 0 bridgehead atoms. The summed E-state index contributed by atoms with van der Waals surface area (Å²) in [5.41, 5.74) is 3.51. The van der Waals surface area contributed by atoms with Crippen molar-refractivity contribution in [1.82, 2.24) is 20.2 Å². The number of tetrazole rings is 1.